The third kappa shape index (κ3) is 5.12. The van der Waals surface area contributed by atoms with Gasteiger partial charge in [0.1, 0.15) is 17.4 Å². The zero-order valence-electron chi connectivity index (χ0n) is 17.6. The SMILES string of the molecule is CCc1c(C(=O)O)c2cc(O)ccc2n1Cc1ccccc1.NCc1cc(F)cc(F)c1. The molecule has 0 aliphatic carbocycles. The van der Waals surface area contributed by atoms with Crippen molar-refractivity contribution in [3.05, 3.63) is 101 Å². The maximum absolute atomic E-state index is 12.3. The van der Waals surface area contributed by atoms with Gasteiger partial charge < -0.3 is 20.5 Å². The van der Waals surface area contributed by atoms with Crippen molar-refractivity contribution in [3.63, 3.8) is 0 Å². The molecule has 32 heavy (non-hydrogen) atoms. The van der Waals surface area contributed by atoms with Crippen LogP contribution in [0.2, 0.25) is 0 Å². The average molecular weight is 438 g/mol. The number of halogens is 2. The Hall–Kier alpha value is -3.71. The molecular formula is C25H24F2N2O3. The van der Waals surface area contributed by atoms with E-state index < -0.39 is 17.6 Å². The van der Waals surface area contributed by atoms with E-state index in [0.717, 1.165) is 22.8 Å². The number of hydrogen-bond donors (Lipinski definition) is 3. The van der Waals surface area contributed by atoms with Gasteiger partial charge in [-0.3, -0.25) is 0 Å². The normalized spacial score (nSPS) is 10.6. The third-order valence-corrected chi connectivity index (χ3v) is 5.04. The van der Waals surface area contributed by atoms with E-state index in [2.05, 4.69) is 0 Å². The Morgan fingerprint density at radius 2 is 1.62 bits per heavy atom. The summed E-state index contributed by atoms with van der Waals surface area (Å²) >= 11 is 0. The topological polar surface area (TPSA) is 88.5 Å². The number of carbonyl (C=O) groups is 1. The maximum atomic E-state index is 12.3. The van der Waals surface area contributed by atoms with Crippen LogP contribution in [0.15, 0.2) is 66.7 Å². The monoisotopic (exact) mass is 438 g/mol. The highest BCUT2D eigenvalue weighted by Crippen LogP contribution is 2.30. The van der Waals surface area contributed by atoms with Crippen molar-refractivity contribution in [3.8, 4) is 5.75 Å². The quantitative estimate of drug-likeness (QED) is 0.405. The number of hydrogen-bond acceptors (Lipinski definition) is 3. The summed E-state index contributed by atoms with van der Waals surface area (Å²) in [6.45, 7) is 2.72. The molecule has 0 aliphatic heterocycles. The lowest BCUT2D eigenvalue weighted by atomic mass is 10.1. The van der Waals surface area contributed by atoms with Crippen LogP contribution in [-0.2, 0) is 19.5 Å². The lowest BCUT2D eigenvalue weighted by molar-refractivity contribution is 0.0697. The molecule has 0 atom stereocenters. The van der Waals surface area contributed by atoms with E-state index >= 15 is 0 Å². The predicted octanol–water partition coefficient (Wildman–Crippen LogP) is 5.08. The van der Waals surface area contributed by atoms with Crippen molar-refractivity contribution in [2.24, 2.45) is 5.73 Å². The molecule has 0 unspecified atom stereocenters. The van der Waals surface area contributed by atoms with Crippen LogP contribution < -0.4 is 5.73 Å². The van der Waals surface area contributed by atoms with Crippen LogP contribution in [-0.4, -0.2) is 20.7 Å². The van der Waals surface area contributed by atoms with E-state index in [0.29, 0.717) is 23.9 Å². The summed E-state index contributed by atoms with van der Waals surface area (Å²) in [6.07, 6.45) is 0.615. The first-order valence-corrected chi connectivity index (χ1v) is 10.1. The lowest BCUT2D eigenvalue weighted by Gasteiger charge is -2.10. The number of nitrogens with two attached hydrogens (primary N) is 1. The van der Waals surface area contributed by atoms with Crippen molar-refractivity contribution in [2.75, 3.05) is 0 Å². The summed E-state index contributed by atoms with van der Waals surface area (Å²) in [5.41, 5.74) is 8.62. The van der Waals surface area contributed by atoms with Gasteiger partial charge in [-0.2, -0.15) is 0 Å². The van der Waals surface area contributed by atoms with Crippen molar-refractivity contribution < 1.29 is 23.8 Å². The summed E-state index contributed by atoms with van der Waals surface area (Å²) in [7, 11) is 0. The number of aromatic nitrogens is 1. The van der Waals surface area contributed by atoms with Crippen molar-refractivity contribution in [1.29, 1.82) is 0 Å². The van der Waals surface area contributed by atoms with Crippen LogP contribution in [0.3, 0.4) is 0 Å². The standard InChI is InChI=1S/C18H17NO3.C7H7F2N/c1-2-15-17(18(21)22)14-10-13(20)8-9-16(14)19(15)11-12-6-4-3-5-7-12;8-6-1-5(4-10)2-7(9)3-6/h3-10,20H,2,11H2,1H3,(H,21,22);1-3H,4,10H2. The molecule has 5 nitrogen and oxygen atoms in total. The Balaban J connectivity index is 0.000000243. The molecule has 0 spiro atoms. The van der Waals surface area contributed by atoms with Crippen LogP contribution in [0.4, 0.5) is 8.78 Å². The minimum absolute atomic E-state index is 0.0783. The molecule has 4 rings (SSSR count). The first kappa shape index (κ1) is 23.0. The highest BCUT2D eigenvalue weighted by molar-refractivity contribution is 6.05. The molecule has 4 N–H and O–H groups in total. The number of fused-ring (bicyclic) bond motifs is 1. The van der Waals surface area contributed by atoms with E-state index in [-0.39, 0.29) is 17.9 Å². The average Bonchev–Trinajstić information content (AvgIpc) is 3.06. The maximum Gasteiger partial charge on any atom is 0.338 e. The molecule has 0 radical (unpaired) electrons. The predicted molar refractivity (Wildman–Crippen MR) is 120 cm³/mol. The molecule has 0 aliphatic rings. The van der Waals surface area contributed by atoms with Crippen LogP contribution in [0, 0.1) is 11.6 Å². The highest BCUT2D eigenvalue weighted by Gasteiger charge is 2.21. The van der Waals surface area contributed by atoms with Gasteiger partial charge in [0, 0.05) is 35.8 Å². The van der Waals surface area contributed by atoms with Crippen LogP contribution in [0.1, 0.15) is 34.1 Å². The fourth-order valence-electron chi connectivity index (χ4n) is 3.68. The van der Waals surface area contributed by atoms with Gasteiger partial charge in [-0.1, -0.05) is 37.3 Å². The Kier molecular flexibility index (Phi) is 7.22. The molecule has 166 valence electrons. The number of aromatic carboxylic acids is 1. The minimum Gasteiger partial charge on any atom is -0.508 e. The van der Waals surface area contributed by atoms with Gasteiger partial charge in [-0.25, -0.2) is 13.6 Å². The van der Waals surface area contributed by atoms with E-state index in [1.54, 1.807) is 12.1 Å². The fourth-order valence-corrected chi connectivity index (χ4v) is 3.68. The second-order valence-electron chi connectivity index (χ2n) is 7.24. The Labute approximate surface area is 184 Å². The summed E-state index contributed by atoms with van der Waals surface area (Å²) in [5, 5.41) is 19.9. The second-order valence-corrected chi connectivity index (χ2v) is 7.24. The molecule has 4 aromatic rings. The molecule has 0 amide bonds. The van der Waals surface area contributed by atoms with E-state index in [1.807, 2.05) is 41.8 Å². The van der Waals surface area contributed by atoms with Gasteiger partial charge in [0.2, 0.25) is 0 Å². The molecule has 0 fully saturated rings. The van der Waals surface area contributed by atoms with Gasteiger partial charge >= 0.3 is 5.97 Å². The van der Waals surface area contributed by atoms with E-state index in [4.69, 9.17) is 5.73 Å². The number of rotatable bonds is 5. The van der Waals surface area contributed by atoms with Crippen molar-refractivity contribution >= 4 is 16.9 Å². The Bertz CT molecular complexity index is 1220. The summed E-state index contributed by atoms with van der Waals surface area (Å²) < 4.78 is 26.7. The molecule has 0 saturated heterocycles. The number of benzene rings is 3. The van der Waals surface area contributed by atoms with Gasteiger partial charge in [-0.05, 0) is 47.9 Å². The fraction of sp³-hybridized carbons (Fsp3) is 0.160. The second kappa shape index (κ2) is 10.1. The first-order valence-electron chi connectivity index (χ1n) is 10.1. The largest absolute Gasteiger partial charge is 0.508 e. The number of phenolic OH excluding ortho intramolecular Hbond substituents is 1. The summed E-state index contributed by atoms with van der Waals surface area (Å²) in [4.78, 5) is 11.7. The van der Waals surface area contributed by atoms with Gasteiger partial charge in [0.05, 0.1) is 5.56 Å². The smallest absolute Gasteiger partial charge is 0.338 e. The third-order valence-electron chi connectivity index (χ3n) is 5.04. The van der Waals surface area contributed by atoms with Gasteiger partial charge in [-0.15, -0.1) is 0 Å². The lowest BCUT2D eigenvalue weighted by Crippen LogP contribution is -2.07. The van der Waals surface area contributed by atoms with Crippen molar-refractivity contribution in [2.45, 2.75) is 26.4 Å². The Morgan fingerprint density at radius 1 is 0.969 bits per heavy atom. The van der Waals surface area contributed by atoms with E-state index in [1.165, 1.54) is 18.2 Å². The number of phenols is 1. The van der Waals surface area contributed by atoms with Crippen LogP contribution >= 0.6 is 0 Å². The molecule has 0 saturated carbocycles. The molecule has 1 heterocycles. The highest BCUT2D eigenvalue weighted by atomic mass is 19.1. The van der Waals surface area contributed by atoms with Crippen LogP contribution in [0.5, 0.6) is 5.75 Å². The number of aromatic hydroxyl groups is 1. The Morgan fingerprint density at radius 3 is 2.19 bits per heavy atom. The molecule has 1 aromatic heterocycles. The number of carboxylic acids is 1. The minimum atomic E-state index is -0.959. The first-order chi connectivity index (χ1) is 15.3. The summed E-state index contributed by atoms with van der Waals surface area (Å²) in [5.74, 6) is -2.05. The van der Waals surface area contributed by atoms with E-state index in [9.17, 15) is 23.8 Å². The zero-order valence-corrected chi connectivity index (χ0v) is 17.6. The number of nitrogens with zero attached hydrogens (tertiary/aromatic N) is 1. The van der Waals surface area contributed by atoms with Crippen LogP contribution in [0.25, 0.3) is 10.9 Å². The molecule has 0 bridgehead atoms. The molecular weight excluding hydrogens is 414 g/mol. The van der Waals surface area contributed by atoms with Crippen molar-refractivity contribution in [1.82, 2.24) is 4.57 Å². The molecule has 7 heteroatoms. The zero-order chi connectivity index (χ0) is 23.3. The molecule has 3 aromatic carbocycles. The summed E-state index contributed by atoms with van der Waals surface area (Å²) in [6, 6.07) is 18.1. The van der Waals surface area contributed by atoms with Gasteiger partial charge in [0.25, 0.3) is 0 Å². The van der Waals surface area contributed by atoms with Gasteiger partial charge in [0.15, 0.2) is 0 Å². The number of carboxylic acid groups (broad SMARTS) is 1.